The molecule has 0 unspecified atom stereocenters. The zero-order valence-corrected chi connectivity index (χ0v) is 5.20. The van der Waals surface area contributed by atoms with Crippen LogP contribution in [0.4, 0.5) is 6.93 Å². The van der Waals surface area contributed by atoms with E-state index in [4.69, 9.17) is 0 Å². The summed E-state index contributed by atoms with van der Waals surface area (Å²) in [6.45, 7) is 1.70. The summed E-state index contributed by atoms with van der Waals surface area (Å²) in [6.07, 6.45) is 0. The Kier molecular flexibility index (Phi) is 3.79. The summed E-state index contributed by atoms with van der Waals surface area (Å²) in [5, 5.41) is 0. The van der Waals surface area contributed by atoms with E-state index >= 15 is 0 Å². The van der Waals surface area contributed by atoms with E-state index in [9.17, 15) is 6.93 Å². The number of halogens is 2. The van der Waals surface area contributed by atoms with Crippen LogP contribution in [0.1, 0.15) is 6.92 Å². The summed E-state index contributed by atoms with van der Waals surface area (Å²) in [6, 6.07) is 0. The molecule has 0 fully saturated rings. The van der Waals surface area contributed by atoms with E-state index in [-0.39, 0.29) is 6.61 Å². The molecule has 0 aliphatic heterocycles. The topological polar surface area (TPSA) is 9.23 Å². The van der Waals surface area contributed by atoms with Crippen LogP contribution >= 0.6 is 0 Å². The molecule has 0 aromatic carbocycles. The molecule has 0 rings (SSSR count). The Labute approximate surface area is 40.9 Å². The second-order valence-electron chi connectivity index (χ2n) is 0.620. The van der Waals surface area contributed by atoms with E-state index in [0.29, 0.717) is 0 Å². The maximum absolute atomic E-state index is 11.0. The van der Waals surface area contributed by atoms with Crippen molar-refractivity contribution in [3.63, 3.8) is 0 Å². The second kappa shape index (κ2) is 3.56. The summed E-state index contributed by atoms with van der Waals surface area (Å²) >= 11 is -3.72. The SMILES string of the molecule is CCO[As](F)F. The molecule has 38 valence electrons. The van der Waals surface area contributed by atoms with Gasteiger partial charge in [0.15, 0.2) is 0 Å². The molecule has 0 amide bonds. The molecule has 0 radical (unpaired) electrons. The molecule has 0 saturated heterocycles. The molecule has 0 aromatic rings. The van der Waals surface area contributed by atoms with Gasteiger partial charge in [-0.15, -0.1) is 0 Å². The van der Waals surface area contributed by atoms with Crippen LogP contribution in [0.25, 0.3) is 0 Å². The Hall–Kier alpha value is 0.378. The normalized spacial score (nSPS) is 10.0. The summed E-state index contributed by atoms with van der Waals surface area (Å²) in [7, 11) is 0. The first-order valence-electron chi connectivity index (χ1n) is 1.52. The zero-order valence-electron chi connectivity index (χ0n) is 3.32. The van der Waals surface area contributed by atoms with Crippen LogP contribution in [0.3, 0.4) is 0 Å². The Morgan fingerprint density at radius 2 is 2.17 bits per heavy atom. The van der Waals surface area contributed by atoms with Gasteiger partial charge in [-0.2, -0.15) is 0 Å². The van der Waals surface area contributed by atoms with Gasteiger partial charge in [0, 0.05) is 0 Å². The molecule has 0 N–H and O–H groups in total. The second-order valence-corrected chi connectivity index (χ2v) is 2.01. The molecule has 0 aliphatic rings. The third-order valence-electron chi connectivity index (χ3n) is 0.227. The van der Waals surface area contributed by atoms with Gasteiger partial charge in [-0.25, -0.2) is 0 Å². The van der Waals surface area contributed by atoms with Crippen LogP contribution in [-0.4, -0.2) is 22.5 Å². The maximum atomic E-state index is 11.0. The summed E-state index contributed by atoms with van der Waals surface area (Å²) in [5.41, 5.74) is 0. The van der Waals surface area contributed by atoms with Crippen molar-refractivity contribution < 1.29 is 10.7 Å². The molecule has 0 aliphatic carbocycles. The van der Waals surface area contributed by atoms with Gasteiger partial charge in [0.05, 0.1) is 0 Å². The van der Waals surface area contributed by atoms with Crippen molar-refractivity contribution in [3.05, 3.63) is 0 Å². The van der Waals surface area contributed by atoms with E-state index in [1.807, 2.05) is 0 Å². The average molecular weight is 158 g/mol. The molecular formula is C2H5AsF2O. The van der Waals surface area contributed by atoms with E-state index < -0.39 is 15.9 Å². The van der Waals surface area contributed by atoms with Gasteiger partial charge in [0.2, 0.25) is 0 Å². The van der Waals surface area contributed by atoms with Crippen molar-refractivity contribution in [1.29, 1.82) is 0 Å². The van der Waals surface area contributed by atoms with Crippen molar-refractivity contribution in [3.8, 4) is 0 Å². The van der Waals surface area contributed by atoms with E-state index in [1.54, 1.807) is 6.92 Å². The molecule has 0 aromatic heterocycles. The van der Waals surface area contributed by atoms with Crippen LogP contribution in [0.5, 0.6) is 0 Å². The van der Waals surface area contributed by atoms with Crippen molar-refractivity contribution in [2.45, 2.75) is 6.92 Å². The van der Waals surface area contributed by atoms with Crippen LogP contribution in [0.15, 0.2) is 0 Å². The predicted molar refractivity (Wildman–Crippen MR) is 19.6 cm³/mol. The third-order valence-corrected chi connectivity index (χ3v) is 1.18. The molecule has 0 atom stereocenters. The van der Waals surface area contributed by atoms with Crippen LogP contribution in [0, 0.1) is 0 Å². The minimum absolute atomic E-state index is 0.146. The fourth-order valence-corrected chi connectivity index (χ4v) is 0.507. The first-order chi connectivity index (χ1) is 2.77. The standard InChI is InChI=1S/C2H5AsF2O/c1-2-6-3(4)5/h2H2,1H3. The van der Waals surface area contributed by atoms with Gasteiger partial charge >= 0.3 is 40.1 Å². The minimum atomic E-state index is -3.72. The van der Waals surface area contributed by atoms with Crippen molar-refractivity contribution >= 4 is 15.9 Å². The monoisotopic (exact) mass is 158 g/mol. The average Bonchev–Trinajstić information content (AvgIpc) is 1.35. The van der Waals surface area contributed by atoms with Gasteiger partial charge in [0.25, 0.3) is 0 Å². The number of hydrogen-bond acceptors (Lipinski definition) is 1. The van der Waals surface area contributed by atoms with Crippen molar-refractivity contribution in [2.24, 2.45) is 0 Å². The quantitative estimate of drug-likeness (QED) is 0.543. The van der Waals surface area contributed by atoms with Crippen molar-refractivity contribution in [1.82, 2.24) is 0 Å². The Bertz CT molecular complexity index is 32.7. The first kappa shape index (κ1) is 6.38. The van der Waals surface area contributed by atoms with Gasteiger partial charge < -0.3 is 0 Å². The molecule has 0 bridgehead atoms. The summed E-state index contributed by atoms with van der Waals surface area (Å²) < 4.78 is 25.8. The van der Waals surface area contributed by atoms with Crippen LogP contribution in [0.2, 0.25) is 0 Å². The fourth-order valence-electron chi connectivity index (χ4n) is 0.0976. The molecule has 0 spiro atoms. The Morgan fingerprint density at radius 1 is 1.67 bits per heavy atom. The van der Waals surface area contributed by atoms with Gasteiger partial charge in [-0.1, -0.05) is 0 Å². The molecule has 0 saturated carbocycles. The first-order valence-corrected chi connectivity index (χ1v) is 3.70. The predicted octanol–water partition coefficient (Wildman–Crippen LogP) is 0.947. The third kappa shape index (κ3) is 4.38. The summed E-state index contributed by atoms with van der Waals surface area (Å²) in [5.74, 6) is 0. The van der Waals surface area contributed by atoms with Crippen molar-refractivity contribution in [2.75, 3.05) is 6.61 Å². The molecular weight excluding hydrogens is 153 g/mol. The van der Waals surface area contributed by atoms with Gasteiger partial charge in [0.1, 0.15) is 0 Å². The summed E-state index contributed by atoms with van der Waals surface area (Å²) in [4.78, 5) is 0. The van der Waals surface area contributed by atoms with E-state index in [2.05, 4.69) is 3.73 Å². The van der Waals surface area contributed by atoms with Crippen LogP contribution in [-0.2, 0) is 3.73 Å². The zero-order chi connectivity index (χ0) is 4.99. The van der Waals surface area contributed by atoms with Gasteiger partial charge in [-0.3, -0.25) is 0 Å². The molecule has 0 heterocycles. The Morgan fingerprint density at radius 3 is 2.17 bits per heavy atom. The van der Waals surface area contributed by atoms with E-state index in [1.165, 1.54) is 0 Å². The number of rotatable bonds is 2. The fraction of sp³-hybridized carbons (Fsp3) is 1.00. The molecule has 4 heteroatoms. The number of hydrogen-bond donors (Lipinski definition) is 0. The van der Waals surface area contributed by atoms with E-state index in [0.717, 1.165) is 0 Å². The molecule has 1 nitrogen and oxygen atoms in total. The molecule has 6 heavy (non-hydrogen) atoms. The van der Waals surface area contributed by atoms with Gasteiger partial charge in [-0.05, 0) is 0 Å². The Balaban J connectivity index is 2.63. The van der Waals surface area contributed by atoms with Crippen LogP contribution < -0.4 is 0 Å².